The van der Waals surface area contributed by atoms with Crippen LogP contribution in [0, 0.1) is 6.92 Å². The molecule has 224 valence electrons. The van der Waals surface area contributed by atoms with E-state index >= 15 is 0 Å². The zero-order chi connectivity index (χ0) is 30.8. The summed E-state index contributed by atoms with van der Waals surface area (Å²) in [5.74, 6) is -0.816. The monoisotopic (exact) mass is 617 g/mol. The van der Waals surface area contributed by atoms with Gasteiger partial charge in [0.05, 0.1) is 12.8 Å². The quantitative estimate of drug-likeness (QED) is 0.219. The predicted octanol–water partition coefficient (Wildman–Crippen LogP) is 5.37. The summed E-state index contributed by atoms with van der Waals surface area (Å²) >= 11 is 6.12. The van der Waals surface area contributed by atoms with Crippen LogP contribution >= 0.6 is 11.6 Å². The molecule has 0 saturated heterocycles. The molecule has 2 amide bonds. The first-order valence-corrected chi connectivity index (χ1v) is 16.2. The SMILES string of the molecule is Cc1ccc(CNC(=O)[C@H](Cc2ccccc2)N(Cc2ccc(Cl)cc2)C(=O)CN(Cc2ccccc2)S(C)(=O)=O)cc1. The molecule has 0 spiro atoms. The van der Waals surface area contributed by atoms with Gasteiger partial charge in [0.15, 0.2) is 0 Å². The van der Waals surface area contributed by atoms with Crippen molar-refractivity contribution in [2.45, 2.75) is 39.0 Å². The number of amides is 2. The topological polar surface area (TPSA) is 86.8 Å². The Morgan fingerprint density at radius 1 is 0.744 bits per heavy atom. The summed E-state index contributed by atoms with van der Waals surface area (Å²) in [6.07, 6.45) is 1.33. The fourth-order valence-electron chi connectivity index (χ4n) is 4.67. The minimum atomic E-state index is -3.76. The fraction of sp³-hybridized carbons (Fsp3) is 0.235. The van der Waals surface area contributed by atoms with Crippen LogP contribution in [0.1, 0.15) is 27.8 Å². The summed E-state index contributed by atoms with van der Waals surface area (Å²) in [5, 5.41) is 3.55. The largest absolute Gasteiger partial charge is 0.350 e. The summed E-state index contributed by atoms with van der Waals surface area (Å²) in [6, 6.07) is 32.6. The van der Waals surface area contributed by atoms with Crippen molar-refractivity contribution in [1.29, 1.82) is 0 Å². The van der Waals surface area contributed by atoms with E-state index in [-0.39, 0.29) is 32.0 Å². The number of sulfonamides is 1. The second-order valence-electron chi connectivity index (χ2n) is 10.6. The second-order valence-corrected chi connectivity index (χ2v) is 13.0. The van der Waals surface area contributed by atoms with Gasteiger partial charge in [0.2, 0.25) is 21.8 Å². The number of hydrogen-bond acceptors (Lipinski definition) is 4. The number of carbonyl (C=O) groups is 2. The lowest BCUT2D eigenvalue weighted by Crippen LogP contribution is -2.53. The minimum Gasteiger partial charge on any atom is -0.350 e. The summed E-state index contributed by atoms with van der Waals surface area (Å²) in [5.41, 5.74) is 4.43. The maximum atomic E-state index is 14.1. The molecule has 9 heteroatoms. The number of hydrogen-bond donors (Lipinski definition) is 1. The average molecular weight is 618 g/mol. The summed E-state index contributed by atoms with van der Waals surface area (Å²) < 4.78 is 26.8. The molecule has 43 heavy (non-hydrogen) atoms. The van der Waals surface area contributed by atoms with Crippen molar-refractivity contribution in [3.05, 3.63) is 142 Å². The maximum absolute atomic E-state index is 14.1. The normalized spacial score (nSPS) is 12.1. The highest BCUT2D eigenvalue weighted by molar-refractivity contribution is 7.88. The summed E-state index contributed by atoms with van der Waals surface area (Å²) in [7, 11) is -3.76. The molecule has 0 bridgehead atoms. The first-order chi connectivity index (χ1) is 20.6. The Hall–Kier alpha value is -3.98. The highest BCUT2D eigenvalue weighted by atomic mass is 35.5. The van der Waals surface area contributed by atoms with E-state index < -0.39 is 28.5 Å². The highest BCUT2D eigenvalue weighted by Crippen LogP contribution is 2.19. The molecular formula is C34H36ClN3O4S. The molecule has 0 heterocycles. The van der Waals surface area contributed by atoms with Crippen LogP contribution in [0.3, 0.4) is 0 Å². The zero-order valence-corrected chi connectivity index (χ0v) is 25.9. The molecule has 4 aromatic carbocycles. The van der Waals surface area contributed by atoms with E-state index in [2.05, 4.69) is 5.32 Å². The van der Waals surface area contributed by atoms with E-state index in [4.69, 9.17) is 11.6 Å². The third-order valence-electron chi connectivity index (χ3n) is 7.11. The van der Waals surface area contributed by atoms with Crippen molar-refractivity contribution >= 4 is 33.4 Å². The molecule has 0 aliphatic carbocycles. The van der Waals surface area contributed by atoms with Crippen molar-refractivity contribution in [3.8, 4) is 0 Å². The van der Waals surface area contributed by atoms with E-state index in [9.17, 15) is 18.0 Å². The van der Waals surface area contributed by atoms with Crippen molar-refractivity contribution in [2.24, 2.45) is 0 Å². The molecule has 0 radical (unpaired) electrons. The second kappa shape index (κ2) is 15.0. The Balaban J connectivity index is 1.67. The van der Waals surface area contributed by atoms with E-state index in [1.165, 1.54) is 4.90 Å². The van der Waals surface area contributed by atoms with Crippen molar-refractivity contribution < 1.29 is 18.0 Å². The molecule has 0 fully saturated rings. The van der Waals surface area contributed by atoms with Crippen LogP contribution in [0.4, 0.5) is 0 Å². The van der Waals surface area contributed by atoms with Gasteiger partial charge in [-0.3, -0.25) is 9.59 Å². The minimum absolute atomic E-state index is 0.0309. The third kappa shape index (κ3) is 9.78. The van der Waals surface area contributed by atoms with Gasteiger partial charge in [0.25, 0.3) is 0 Å². The molecule has 0 aliphatic rings. The lowest BCUT2D eigenvalue weighted by atomic mass is 10.0. The highest BCUT2D eigenvalue weighted by Gasteiger charge is 2.33. The molecule has 4 rings (SSSR count). The number of benzene rings is 4. The van der Waals surface area contributed by atoms with E-state index in [1.54, 1.807) is 24.3 Å². The van der Waals surface area contributed by atoms with Crippen LogP contribution in [0.5, 0.6) is 0 Å². The van der Waals surface area contributed by atoms with Gasteiger partial charge in [0, 0.05) is 31.1 Å². The molecule has 7 nitrogen and oxygen atoms in total. The Bertz CT molecular complexity index is 1600. The fourth-order valence-corrected chi connectivity index (χ4v) is 5.53. The van der Waals surface area contributed by atoms with E-state index in [1.807, 2.05) is 91.9 Å². The lowest BCUT2D eigenvalue weighted by molar-refractivity contribution is -0.141. The van der Waals surface area contributed by atoms with Gasteiger partial charge in [-0.1, -0.05) is 114 Å². The van der Waals surface area contributed by atoms with Crippen LogP contribution in [0.15, 0.2) is 109 Å². The van der Waals surface area contributed by atoms with E-state index in [0.717, 1.165) is 38.4 Å². The number of nitrogens with zero attached hydrogens (tertiary/aromatic N) is 2. The zero-order valence-electron chi connectivity index (χ0n) is 24.3. The molecule has 4 aromatic rings. The molecule has 1 N–H and O–H groups in total. The van der Waals surface area contributed by atoms with Crippen molar-refractivity contribution in [1.82, 2.24) is 14.5 Å². The Morgan fingerprint density at radius 2 is 1.28 bits per heavy atom. The van der Waals surface area contributed by atoms with Gasteiger partial charge in [-0.05, 0) is 41.3 Å². The Kier molecular flexibility index (Phi) is 11.1. The molecule has 1 atom stereocenters. The molecule has 0 unspecified atom stereocenters. The average Bonchev–Trinajstić information content (AvgIpc) is 2.99. The smallest absolute Gasteiger partial charge is 0.243 e. The van der Waals surface area contributed by atoms with Gasteiger partial charge in [0.1, 0.15) is 6.04 Å². The van der Waals surface area contributed by atoms with Crippen LogP contribution in [-0.2, 0) is 45.7 Å². The van der Waals surface area contributed by atoms with Crippen molar-refractivity contribution in [2.75, 3.05) is 12.8 Å². The first kappa shape index (κ1) is 31.9. The van der Waals surface area contributed by atoms with E-state index in [0.29, 0.717) is 5.02 Å². The van der Waals surface area contributed by atoms with Crippen LogP contribution in [0.25, 0.3) is 0 Å². The number of carbonyl (C=O) groups excluding carboxylic acids is 2. The number of aryl methyl sites for hydroxylation is 1. The standard InChI is InChI=1S/C34H36ClN3O4S/c1-26-13-15-28(16-14-26)22-36-34(40)32(21-27-9-5-3-6-10-27)38(24-30-17-19-31(35)20-18-30)33(39)25-37(43(2,41)42)23-29-11-7-4-8-12-29/h3-20,32H,21-25H2,1-2H3,(H,36,40)/t32-/m0/s1. The molecule has 0 aromatic heterocycles. The van der Waals surface area contributed by atoms with Gasteiger partial charge >= 0.3 is 0 Å². The number of nitrogens with one attached hydrogen (secondary N) is 1. The molecular weight excluding hydrogens is 582 g/mol. The van der Waals surface area contributed by atoms with Gasteiger partial charge < -0.3 is 10.2 Å². The molecule has 0 aliphatic heterocycles. The predicted molar refractivity (Wildman–Crippen MR) is 171 cm³/mol. The Morgan fingerprint density at radius 3 is 1.86 bits per heavy atom. The van der Waals surface area contributed by atoms with Crippen LogP contribution in [-0.4, -0.2) is 48.3 Å². The third-order valence-corrected chi connectivity index (χ3v) is 8.56. The summed E-state index contributed by atoms with van der Waals surface area (Å²) in [6.45, 7) is 1.99. The van der Waals surface area contributed by atoms with Gasteiger partial charge in [-0.15, -0.1) is 0 Å². The maximum Gasteiger partial charge on any atom is 0.243 e. The number of halogens is 1. The van der Waals surface area contributed by atoms with Gasteiger partial charge in [-0.2, -0.15) is 4.31 Å². The van der Waals surface area contributed by atoms with Crippen LogP contribution < -0.4 is 5.32 Å². The van der Waals surface area contributed by atoms with Crippen molar-refractivity contribution in [3.63, 3.8) is 0 Å². The lowest BCUT2D eigenvalue weighted by Gasteiger charge is -2.33. The first-order valence-electron chi connectivity index (χ1n) is 14.0. The molecule has 0 saturated carbocycles. The Labute approximate surface area is 259 Å². The summed E-state index contributed by atoms with van der Waals surface area (Å²) in [4.78, 5) is 29.5. The van der Waals surface area contributed by atoms with Gasteiger partial charge in [-0.25, -0.2) is 8.42 Å². The van der Waals surface area contributed by atoms with Crippen LogP contribution in [0.2, 0.25) is 5.02 Å². The number of rotatable bonds is 13.